The van der Waals surface area contributed by atoms with Gasteiger partial charge < -0.3 is 0 Å². The standard InChI is InChI=1S/C19H13N7O5S/c1-11-17(22-21-14-7-2-3-8-16(14)26(30)31)18(27)24(23-11)19-20-15(10-32-19)12-5-4-6-13(9-12)25(28)29/h2-10,23H,1H3. The van der Waals surface area contributed by atoms with Crippen molar-refractivity contribution >= 4 is 34.1 Å². The largest absolute Gasteiger partial charge is 0.301 e. The van der Waals surface area contributed by atoms with E-state index in [1.54, 1.807) is 30.5 Å². The first-order chi connectivity index (χ1) is 15.3. The molecule has 2 heterocycles. The molecule has 4 rings (SSSR count). The van der Waals surface area contributed by atoms with Gasteiger partial charge in [-0.05, 0) is 13.0 Å². The second-order valence-corrected chi connectivity index (χ2v) is 7.33. The molecule has 0 aliphatic rings. The number of rotatable bonds is 6. The molecule has 0 saturated carbocycles. The van der Waals surface area contributed by atoms with E-state index >= 15 is 0 Å². The Bertz CT molecular complexity index is 1440. The number of non-ortho nitro benzene ring substituents is 1. The number of nitro benzene ring substituents is 2. The number of aromatic amines is 1. The molecule has 0 fully saturated rings. The van der Waals surface area contributed by atoms with Gasteiger partial charge in [0.05, 0.1) is 21.2 Å². The highest BCUT2D eigenvalue weighted by molar-refractivity contribution is 7.12. The second kappa shape index (κ2) is 8.31. The molecule has 0 amide bonds. The number of hydrogen-bond acceptors (Lipinski definition) is 9. The molecule has 0 spiro atoms. The third-order valence-corrected chi connectivity index (χ3v) is 5.24. The van der Waals surface area contributed by atoms with E-state index in [0.29, 0.717) is 22.1 Å². The van der Waals surface area contributed by atoms with Gasteiger partial charge in [-0.15, -0.1) is 21.6 Å². The Morgan fingerprint density at radius 3 is 2.59 bits per heavy atom. The average Bonchev–Trinajstić information content (AvgIpc) is 3.37. The monoisotopic (exact) mass is 451 g/mol. The maximum Gasteiger partial charge on any atom is 0.301 e. The van der Waals surface area contributed by atoms with E-state index in [1.165, 1.54) is 35.0 Å². The predicted octanol–water partition coefficient (Wildman–Crippen LogP) is 4.83. The van der Waals surface area contributed by atoms with E-state index in [0.717, 1.165) is 11.3 Å². The molecule has 0 aliphatic carbocycles. The number of thiazole rings is 1. The highest BCUT2D eigenvalue weighted by Crippen LogP contribution is 2.29. The molecule has 2 aromatic heterocycles. The fourth-order valence-corrected chi connectivity index (χ4v) is 3.67. The lowest BCUT2D eigenvalue weighted by Gasteiger charge is -1.97. The second-order valence-electron chi connectivity index (χ2n) is 6.49. The molecule has 0 aliphatic heterocycles. The van der Waals surface area contributed by atoms with Crippen molar-refractivity contribution in [3.8, 4) is 16.4 Å². The molecule has 0 bridgehead atoms. The van der Waals surface area contributed by atoms with Crippen molar-refractivity contribution in [3.05, 3.63) is 90.2 Å². The lowest BCUT2D eigenvalue weighted by atomic mass is 10.1. The maximum absolute atomic E-state index is 12.8. The van der Waals surface area contributed by atoms with Gasteiger partial charge >= 0.3 is 5.56 Å². The Morgan fingerprint density at radius 2 is 1.84 bits per heavy atom. The first-order valence-corrected chi connectivity index (χ1v) is 9.90. The molecular weight excluding hydrogens is 438 g/mol. The number of aromatic nitrogens is 3. The SMILES string of the molecule is Cc1[nH]n(-c2nc(-c3cccc([N+](=O)[O-])c3)cs2)c(=O)c1N=Nc1ccccc1[N+](=O)[O-]. The normalized spacial score (nSPS) is 11.2. The van der Waals surface area contributed by atoms with Crippen molar-refractivity contribution in [3.63, 3.8) is 0 Å². The number of benzene rings is 2. The molecule has 0 saturated heterocycles. The smallest absolute Gasteiger partial charge is 0.291 e. The number of nitrogens with zero attached hydrogens (tertiary/aromatic N) is 6. The van der Waals surface area contributed by atoms with Crippen molar-refractivity contribution in [1.29, 1.82) is 0 Å². The maximum atomic E-state index is 12.8. The highest BCUT2D eigenvalue weighted by atomic mass is 32.1. The van der Waals surface area contributed by atoms with Crippen LogP contribution in [-0.2, 0) is 0 Å². The molecule has 4 aromatic rings. The molecular formula is C19H13N7O5S. The number of nitrogens with one attached hydrogen (secondary N) is 1. The van der Waals surface area contributed by atoms with Crippen LogP contribution in [0.3, 0.4) is 0 Å². The van der Waals surface area contributed by atoms with Gasteiger partial charge in [0, 0.05) is 29.1 Å². The number of azo groups is 1. The van der Waals surface area contributed by atoms with Gasteiger partial charge in [-0.1, -0.05) is 24.3 Å². The number of hydrogen-bond donors (Lipinski definition) is 1. The van der Waals surface area contributed by atoms with Gasteiger partial charge in [-0.2, -0.15) is 4.68 Å². The fraction of sp³-hybridized carbons (Fsp3) is 0.0526. The Morgan fingerprint density at radius 1 is 1.06 bits per heavy atom. The molecule has 13 heteroatoms. The van der Waals surface area contributed by atoms with Crippen LogP contribution in [0.2, 0.25) is 0 Å². The molecule has 160 valence electrons. The summed E-state index contributed by atoms with van der Waals surface area (Å²) < 4.78 is 1.18. The van der Waals surface area contributed by atoms with E-state index < -0.39 is 15.4 Å². The van der Waals surface area contributed by atoms with Gasteiger partial charge in [0.1, 0.15) is 0 Å². The van der Waals surface area contributed by atoms with Gasteiger partial charge in [0.25, 0.3) is 11.4 Å². The van der Waals surface area contributed by atoms with Crippen molar-refractivity contribution in [2.75, 3.05) is 0 Å². The fourth-order valence-electron chi connectivity index (χ4n) is 2.88. The molecule has 0 radical (unpaired) electrons. The molecule has 12 nitrogen and oxygen atoms in total. The first-order valence-electron chi connectivity index (χ1n) is 9.02. The average molecular weight is 451 g/mol. The highest BCUT2D eigenvalue weighted by Gasteiger charge is 2.17. The zero-order valence-corrected chi connectivity index (χ0v) is 17.1. The van der Waals surface area contributed by atoms with Crippen LogP contribution in [0.1, 0.15) is 5.69 Å². The topological polar surface area (TPSA) is 162 Å². The van der Waals surface area contributed by atoms with E-state index in [9.17, 15) is 25.0 Å². The summed E-state index contributed by atoms with van der Waals surface area (Å²) in [5.74, 6) is 0. The van der Waals surface area contributed by atoms with E-state index in [4.69, 9.17) is 0 Å². The van der Waals surface area contributed by atoms with Gasteiger partial charge in [0.2, 0.25) is 5.13 Å². The van der Waals surface area contributed by atoms with Crippen molar-refractivity contribution in [2.45, 2.75) is 6.92 Å². The number of aryl methyl sites for hydroxylation is 1. The van der Waals surface area contributed by atoms with E-state index in [2.05, 4.69) is 20.3 Å². The predicted molar refractivity (Wildman–Crippen MR) is 116 cm³/mol. The van der Waals surface area contributed by atoms with Crippen LogP contribution in [0, 0.1) is 27.2 Å². The zero-order chi connectivity index (χ0) is 22.8. The van der Waals surface area contributed by atoms with Crippen molar-refractivity contribution in [2.24, 2.45) is 10.2 Å². The summed E-state index contributed by atoms with van der Waals surface area (Å²) in [6.07, 6.45) is 0. The quantitative estimate of drug-likeness (QED) is 0.251. The van der Waals surface area contributed by atoms with Gasteiger partial charge in [0.15, 0.2) is 11.4 Å². The van der Waals surface area contributed by atoms with Crippen LogP contribution in [0.4, 0.5) is 22.7 Å². The Labute approximate surface area is 182 Å². The van der Waals surface area contributed by atoms with Gasteiger partial charge in [-0.25, -0.2) is 4.98 Å². The van der Waals surface area contributed by atoms with Crippen molar-refractivity contribution in [1.82, 2.24) is 14.8 Å². The number of nitro groups is 2. The summed E-state index contributed by atoms with van der Waals surface area (Å²) >= 11 is 1.16. The summed E-state index contributed by atoms with van der Waals surface area (Å²) in [6, 6.07) is 11.8. The van der Waals surface area contributed by atoms with Crippen LogP contribution in [0.15, 0.2) is 68.9 Å². The summed E-state index contributed by atoms with van der Waals surface area (Å²) in [5.41, 5.74) is 0.565. The minimum Gasteiger partial charge on any atom is -0.291 e. The van der Waals surface area contributed by atoms with Crippen LogP contribution >= 0.6 is 11.3 Å². The number of H-pyrrole nitrogens is 1. The van der Waals surface area contributed by atoms with Crippen LogP contribution < -0.4 is 5.56 Å². The number of para-hydroxylation sites is 1. The molecule has 1 N–H and O–H groups in total. The third kappa shape index (κ3) is 3.91. The molecule has 0 unspecified atom stereocenters. The van der Waals surface area contributed by atoms with Crippen molar-refractivity contribution < 1.29 is 9.85 Å². The molecule has 32 heavy (non-hydrogen) atoms. The molecule has 2 aromatic carbocycles. The summed E-state index contributed by atoms with van der Waals surface area (Å²) in [4.78, 5) is 38.3. The molecule has 0 atom stereocenters. The summed E-state index contributed by atoms with van der Waals surface area (Å²) in [7, 11) is 0. The van der Waals surface area contributed by atoms with Crippen LogP contribution in [-0.4, -0.2) is 24.6 Å². The lowest BCUT2D eigenvalue weighted by Crippen LogP contribution is -2.13. The Kier molecular flexibility index (Phi) is 5.39. The van der Waals surface area contributed by atoms with Crippen LogP contribution in [0.5, 0.6) is 0 Å². The Hall–Kier alpha value is -4.52. The third-order valence-electron chi connectivity index (χ3n) is 4.41. The first kappa shape index (κ1) is 20.7. The van der Waals surface area contributed by atoms with Gasteiger partial charge in [-0.3, -0.25) is 30.1 Å². The summed E-state index contributed by atoms with van der Waals surface area (Å²) in [6.45, 7) is 1.61. The Balaban J connectivity index is 1.68. The van der Waals surface area contributed by atoms with E-state index in [1.807, 2.05) is 0 Å². The lowest BCUT2D eigenvalue weighted by molar-refractivity contribution is -0.384. The minimum atomic E-state index is -0.582. The minimum absolute atomic E-state index is 0.0183. The van der Waals surface area contributed by atoms with Crippen LogP contribution in [0.25, 0.3) is 16.4 Å². The summed E-state index contributed by atoms with van der Waals surface area (Å²) in [5, 5.41) is 34.7. The zero-order valence-electron chi connectivity index (χ0n) is 16.3. The van der Waals surface area contributed by atoms with E-state index in [-0.39, 0.29) is 22.7 Å².